The molecule has 3 heteroatoms. The summed E-state index contributed by atoms with van der Waals surface area (Å²) in [6.45, 7) is 8.01. The van der Waals surface area contributed by atoms with E-state index in [-0.39, 0.29) is 6.04 Å². The number of hydrogen-bond donors (Lipinski definition) is 1. The van der Waals surface area contributed by atoms with Crippen molar-refractivity contribution in [2.45, 2.75) is 19.4 Å². The van der Waals surface area contributed by atoms with Crippen molar-refractivity contribution in [2.75, 3.05) is 19.8 Å². The van der Waals surface area contributed by atoms with Crippen LogP contribution in [0.5, 0.6) is 0 Å². The standard InChI is InChI=1S/C12H19NO2/c1-3-4-8-14-10-7-13-11(2)12-6-5-9-15-12/h3,5-6,9,11,13H,1,4,7-8,10H2,2H3. The van der Waals surface area contributed by atoms with Gasteiger partial charge in [0.05, 0.1) is 25.5 Å². The fraction of sp³-hybridized carbons (Fsp3) is 0.500. The Kier molecular flexibility index (Phi) is 5.81. The highest BCUT2D eigenvalue weighted by Gasteiger charge is 2.05. The van der Waals surface area contributed by atoms with Gasteiger partial charge < -0.3 is 14.5 Å². The summed E-state index contributed by atoms with van der Waals surface area (Å²) in [7, 11) is 0. The molecule has 0 bridgehead atoms. The second kappa shape index (κ2) is 7.26. The Bertz CT molecular complexity index is 257. The Morgan fingerprint density at radius 3 is 3.13 bits per heavy atom. The van der Waals surface area contributed by atoms with Crippen LogP contribution in [0.3, 0.4) is 0 Å². The molecule has 1 N–H and O–H groups in total. The SMILES string of the molecule is C=CCCOCCNC(C)c1ccco1. The highest BCUT2D eigenvalue weighted by molar-refractivity contribution is 5.02. The van der Waals surface area contributed by atoms with Gasteiger partial charge in [0.15, 0.2) is 0 Å². The van der Waals surface area contributed by atoms with E-state index in [0.717, 1.165) is 31.9 Å². The molecule has 1 heterocycles. The Balaban J connectivity index is 2.02. The monoisotopic (exact) mass is 209 g/mol. The summed E-state index contributed by atoms with van der Waals surface area (Å²) >= 11 is 0. The van der Waals surface area contributed by atoms with E-state index in [1.807, 2.05) is 18.2 Å². The van der Waals surface area contributed by atoms with Crippen LogP contribution in [0.15, 0.2) is 35.5 Å². The van der Waals surface area contributed by atoms with Crippen molar-refractivity contribution in [3.8, 4) is 0 Å². The Hall–Kier alpha value is -1.06. The van der Waals surface area contributed by atoms with Crippen molar-refractivity contribution in [1.82, 2.24) is 5.32 Å². The maximum atomic E-state index is 5.38. The molecule has 0 aromatic carbocycles. The van der Waals surface area contributed by atoms with Crippen LogP contribution in [-0.4, -0.2) is 19.8 Å². The molecule has 1 aromatic heterocycles. The molecule has 0 aliphatic rings. The lowest BCUT2D eigenvalue weighted by Gasteiger charge is -2.10. The summed E-state index contributed by atoms with van der Waals surface area (Å²) in [5.74, 6) is 0.959. The van der Waals surface area contributed by atoms with Gasteiger partial charge in [0, 0.05) is 6.54 Å². The predicted molar refractivity (Wildman–Crippen MR) is 60.8 cm³/mol. The van der Waals surface area contributed by atoms with Gasteiger partial charge in [0.25, 0.3) is 0 Å². The molecule has 84 valence electrons. The average Bonchev–Trinajstić information content (AvgIpc) is 2.76. The molecule has 1 atom stereocenters. The number of ether oxygens (including phenoxy) is 1. The maximum Gasteiger partial charge on any atom is 0.120 e. The molecule has 0 fully saturated rings. The van der Waals surface area contributed by atoms with Gasteiger partial charge in [0.1, 0.15) is 5.76 Å². The minimum absolute atomic E-state index is 0.239. The van der Waals surface area contributed by atoms with E-state index < -0.39 is 0 Å². The zero-order valence-electron chi connectivity index (χ0n) is 9.24. The summed E-state index contributed by atoms with van der Waals surface area (Å²) in [5, 5.41) is 3.32. The van der Waals surface area contributed by atoms with Crippen LogP contribution in [0, 0.1) is 0 Å². The maximum absolute atomic E-state index is 5.38. The van der Waals surface area contributed by atoms with E-state index in [2.05, 4.69) is 18.8 Å². The van der Waals surface area contributed by atoms with Crippen LogP contribution in [0.4, 0.5) is 0 Å². The molecule has 1 rings (SSSR count). The number of rotatable bonds is 8. The van der Waals surface area contributed by atoms with Crippen LogP contribution >= 0.6 is 0 Å². The quantitative estimate of drug-likeness (QED) is 0.527. The van der Waals surface area contributed by atoms with E-state index in [1.165, 1.54) is 0 Å². The molecule has 0 spiro atoms. The Labute approximate surface area is 91.1 Å². The first kappa shape index (κ1) is 12.0. The molecule has 0 aliphatic heterocycles. The number of furan rings is 1. The van der Waals surface area contributed by atoms with Gasteiger partial charge in [-0.2, -0.15) is 0 Å². The topological polar surface area (TPSA) is 34.4 Å². The third-order valence-electron chi connectivity index (χ3n) is 2.13. The summed E-state index contributed by atoms with van der Waals surface area (Å²) < 4.78 is 10.7. The van der Waals surface area contributed by atoms with Crippen molar-refractivity contribution in [1.29, 1.82) is 0 Å². The lowest BCUT2D eigenvalue weighted by Crippen LogP contribution is -2.23. The number of nitrogens with one attached hydrogen (secondary N) is 1. The first-order chi connectivity index (χ1) is 7.34. The van der Waals surface area contributed by atoms with Gasteiger partial charge in [-0.1, -0.05) is 6.08 Å². The highest BCUT2D eigenvalue weighted by Crippen LogP contribution is 2.11. The van der Waals surface area contributed by atoms with Crippen LogP contribution in [0.2, 0.25) is 0 Å². The molecule has 0 radical (unpaired) electrons. The number of hydrogen-bond acceptors (Lipinski definition) is 3. The molecular weight excluding hydrogens is 190 g/mol. The molecular formula is C12H19NO2. The average molecular weight is 209 g/mol. The van der Waals surface area contributed by atoms with Gasteiger partial charge in [-0.3, -0.25) is 0 Å². The third-order valence-corrected chi connectivity index (χ3v) is 2.13. The molecule has 0 saturated heterocycles. The van der Waals surface area contributed by atoms with E-state index >= 15 is 0 Å². The zero-order chi connectivity index (χ0) is 10.9. The van der Waals surface area contributed by atoms with E-state index in [1.54, 1.807) is 6.26 Å². The largest absolute Gasteiger partial charge is 0.468 e. The summed E-state index contributed by atoms with van der Waals surface area (Å²) in [5.41, 5.74) is 0. The molecule has 1 aromatic rings. The first-order valence-electron chi connectivity index (χ1n) is 5.30. The van der Waals surface area contributed by atoms with Gasteiger partial charge in [-0.25, -0.2) is 0 Å². The van der Waals surface area contributed by atoms with Crippen molar-refractivity contribution >= 4 is 0 Å². The summed E-state index contributed by atoms with van der Waals surface area (Å²) in [6.07, 6.45) is 4.46. The van der Waals surface area contributed by atoms with Crippen LogP contribution in [0.1, 0.15) is 25.1 Å². The molecule has 0 aliphatic carbocycles. The second-order valence-electron chi connectivity index (χ2n) is 3.38. The van der Waals surface area contributed by atoms with Crippen molar-refractivity contribution in [3.05, 3.63) is 36.8 Å². The van der Waals surface area contributed by atoms with E-state index in [9.17, 15) is 0 Å². The van der Waals surface area contributed by atoms with Gasteiger partial charge in [-0.15, -0.1) is 6.58 Å². The van der Waals surface area contributed by atoms with Crippen molar-refractivity contribution in [2.24, 2.45) is 0 Å². The molecule has 3 nitrogen and oxygen atoms in total. The van der Waals surface area contributed by atoms with E-state index in [0.29, 0.717) is 0 Å². The summed E-state index contributed by atoms with van der Waals surface area (Å²) in [4.78, 5) is 0. The fourth-order valence-electron chi connectivity index (χ4n) is 1.25. The van der Waals surface area contributed by atoms with Crippen LogP contribution in [-0.2, 0) is 4.74 Å². The minimum Gasteiger partial charge on any atom is -0.468 e. The normalized spacial score (nSPS) is 12.6. The smallest absolute Gasteiger partial charge is 0.120 e. The van der Waals surface area contributed by atoms with Crippen LogP contribution in [0.25, 0.3) is 0 Å². The lowest BCUT2D eigenvalue weighted by atomic mass is 10.2. The van der Waals surface area contributed by atoms with Gasteiger partial charge >= 0.3 is 0 Å². The van der Waals surface area contributed by atoms with Crippen molar-refractivity contribution in [3.63, 3.8) is 0 Å². The molecule has 1 unspecified atom stereocenters. The van der Waals surface area contributed by atoms with Gasteiger partial charge in [-0.05, 0) is 25.5 Å². The molecule has 15 heavy (non-hydrogen) atoms. The van der Waals surface area contributed by atoms with Crippen molar-refractivity contribution < 1.29 is 9.15 Å². The second-order valence-corrected chi connectivity index (χ2v) is 3.38. The van der Waals surface area contributed by atoms with Crippen LogP contribution < -0.4 is 5.32 Å². The highest BCUT2D eigenvalue weighted by atomic mass is 16.5. The third kappa shape index (κ3) is 4.81. The first-order valence-corrected chi connectivity index (χ1v) is 5.30. The zero-order valence-corrected chi connectivity index (χ0v) is 9.24. The molecule has 0 saturated carbocycles. The minimum atomic E-state index is 0.239. The van der Waals surface area contributed by atoms with Gasteiger partial charge in [0.2, 0.25) is 0 Å². The lowest BCUT2D eigenvalue weighted by molar-refractivity contribution is 0.138. The summed E-state index contributed by atoms with van der Waals surface area (Å²) in [6, 6.07) is 4.10. The van der Waals surface area contributed by atoms with E-state index in [4.69, 9.17) is 9.15 Å². The fourth-order valence-corrected chi connectivity index (χ4v) is 1.25. The Morgan fingerprint density at radius 1 is 1.60 bits per heavy atom. The predicted octanol–water partition coefficient (Wildman–Crippen LogP) is 2.52. The molecule has 0 amide bonds. The Morgan fingerprint density at radius 2 is 2.47 bits per heavy atom.